The van der Waals surface area contributed by atoms with Crippen LogP contribution in [0.5, 0.6) is 0 Å². The predicted octanol–water partition coefficient (Wildman–Crippen LogP) is 4.97. The summed E-state index contributed by atoms with van der Waals surface area (Å²) in [5.41, 5.74) is 0. The fourth-order valence-electron chi connectivity index (χ4n) is 2.25. The van der Waals surface area contributed by atoms with Crippen molar-refractivity contribution in [1.82, 2.24) is 0 Å². The lowest BCUT2D eigenvalue weighted by Gasteiger charge is -2.19. The van der Waals surface area contributed by atoms with E-state index in [1.807, 2.05) is 0 Å². The summed E-state index contributed by atoms with van der Waals surface area (Å²) in [7, 11) is 1.65. The summed E-state index contributed by atoms with van der Waals surface area (Å²) in [6.07, 6.45) is 0. The van der Waals surface area contributed by atoms with Crippen molar-refractivity contribution in [2.45, 2.75) is 0 Å². The second-order valence-corrected chi connectivity index (χ2v) is 20.5. The molecule has 2 rings (SSSR count). The standard InChI is InChI=1S/C16H22P3/c1-18(2,15-11-7-5-8-12-15)17-19(3,4)16-13-9-6-10-14-16/h5-14H,1-4H3/q+1. The Hall–Kier alpha value is -0.400. The van der Waals surface area contributed by atoms with Crippen LogP contribution in [0.25, 0.3) is 0 Å². The Balaban J connectivity index is 2.45. The molecule has 2 aromatic carbocycles. The molecule has 0 aliphatic rings. The monoisotopic (exact) mass is 307 g/mol. The number of benzene rings is 2. The predicted molar refractivity (Wildman–Crippen MR) is 96.6 cm³/mol. The first-order valence-electron chi connectivity index (χ1n) is 6.46. The number of hydrogen-bond donors (Lipinski definition) is 0. The average molecular weight is 307 g/mol. The van der Waals surface area contributed by atoms with E-state index in [1.54, 1.807) is 18.2 Å². The van der Waals surface area contributed by atoms with Crippen LogP contribution >= 0.6 is 21.1 Å². The van der Waals surface area contributed by atoms with Gasteiger partial charge >= 0.3 is 0 Å². The van der Waals surface area contributed by atoms with Crippen LogP contribution in [0.4, 0.5) is 0 Å². The number of rotatable bonds is 3. The third kappa shape index (κ3) is 3.79. The van der Waals surface area contributed by atoms with Crippen molar-refractivity contribution >= 4 is 31.7 Å². The molecule has 0 N–H and O–H groups in total. The first kappa shape index (κ1) is 15.0. The van der Waals surface area contributed by atoms with Crippen LogP contribution in [0.1, 0.15) is 0 Å². The second-order valence-electron chi connectivity index (χ2n) is 5.55. The lowest BCUT2D eigenvalue weighted by Crippen LogP contribution is -2.05. The van der Waals surface area contributed by atoms with Gasteiger partial charge in [-0.1, -0.05) is 48.5 Å². The van der Waals surface area contributed by atoms with Crippen LogP contribution in [0.2, 0.25) is 0 Å². The van der Waals surface area contributed by atoms with Gasteiger partial charge in [-0.15, -0.1) is 0 Å². The van der Waals surface area contributed by atoms with E-state index < -0.39 is 13.5 Å². The van der Waals surface area contributed by atoms with Crippen LogP contribution in [0.3, 0.4) is 0 Å². The SMILES string of the molecule is CP(C)(=P[P+](C)(C)c1ccccc1)c1ccccc1. The van der Waals surface area contributed by atoms with Gasteiger partial charge < -0.3 is 0 Å². The van der Waals surface area contributed by atoms with Gasteiger partial charge in [-0.25, -0.2) is 0 Å². The van der Waals surface area contributed by atoms with Crippen molar-refractivity contribution in [3.8, 4) is 0 Å². The van der Waals surface area contributed by atoms with Gasteiger partial charge in [0.25, 0.3) is 0 Å². The van der Waals surface area contributed by atoms with E-state index >= 15 is 0 Å². The maximum Gasteiger partial charge on any atom is 0.101 e. The molecular formula is C16H22P3+. The van der Waals surface area contributed by atoms with Crippen LogP contribution in [0, 0.1) is 0 Å². The van der Waals surface area contributed by atoms with E-state index in [9.17, 15) is 0 Å². The molecule has 0 aliphatic carbocycles. The Morgan fingerprint density at radius 2 is 1.26 bits per heavy atom. The molecule has 0 nitrogen and oxygen atoms in total. The zero-order chi connectivity index (χ0) is 13.9. The van der Waals surface area contributed by atoms with E-state index in [1.165, 1.54) is 0 Å². The summed E-state index contributed by atoms with van der Waals surface area (Å²) in [6.45, 7) is 7.75. The summed E-state index contributed by atoms with van der Waals surface area (Å²) in [5, 5.41) is 3.08. The highest BCUT2D eigenvalue weighted by molar-refractivity contribution is 8.48. The van der Waals surface area contributed by atoms with Gasteiger partial charge in [0.1, 0.15) is 5.30 Å². The summed E-state index contributed by atoms with van der Waals surface area (Å²) in [5.74, 6) is 0. The first-order valence-corrected chi connectivity index (χ1v) is 14.1. The van der Waals surface area contributed by atoms with E-state index in [-0.39, 0.29) is 0 Å². The first-order chi connectivity index (χ1) is 8.92. The topological polar surface area (TPSA) is 0 Å². The summed E-state index contributed by atoms with van der Waals surface area (Å²) in [4.78, 5) is 0. The van der Waals surface area contributed by atoms with Gasteiger partial charge in [-0.2, -0.15) is 0 Å². The van der Waals surface area contributed by atoms with Crippen LogP contribution < -0.4 is 10.6 Å². The molecule has 0 spiro atoms. The highest BCUT2D eigenvalue weighted by Crippen LogP contribution is 2.73. The van der Waals surface area contributed by atoms with Crippen molar-refractivity contribution in [3.63, 3.8) is 0 Å². The maximum atomic E-state index is 2.47. The minimum Gasteiger partial charge on any atom is -0.0622 e. The molecule has 19 heavy (non-hydrogen) atoms. The smallest absolute Gasteiger partial charge is 0.0622 e. The highest BCUT2D eigenvalue weighted by Gasteiger charge is 2.29. The molecule has 0 saturated heterocycles. The fraction of sp³-hybridized carbons (Fsp3) is 0.250. The van der Waals surface area contributed by atoms with Crippen molar-refractivity contribution in [1.29, 1.82) is 0 Å². The lowest BCUT2D eigenvalue weighted by molar-refractivity contribution is 1.76. The molecule has 0 atom stereocenters. The molecule has 0 unspecified atom stereocenters. The quantitative estimate of drug-likeness (QED) is 0.702. The molecule has 0 aromatic heterocycles. The Bertz CT molecular complexity index is 580. The largest absolute Gasteiger partial charge is 0.101 e. The highest BCUT2D eigenvalue weighted by atomic mass is 32.3. The summed E-state index contributed by atoms with van der Waals surface area (Å²) < 4.78 is 0. The van der Waals surface area contributed by atoms with Gasteiger partial charge in [0, 0.05) is 0 Å². The molecular weight excluding hydrogens is 285 g/mol. The second kappa shape index (κ2) is 5.93. The van der Waals surface area contributed by atoms with Crippen molar-refractivity contribution in [2.24, 2.45) is 0 Å². The third-order valence-corrected chi connectivity index (χ3v) is 19.4. The molecule has 2 aromatic rings. The normalized spacial score (nSPS) is 12.6. The van der Waals surface area contributed by atoms with Gasteiger partial charge in [0.2, 0.25) is 0 Å². The van der Waals surface area contributed by atoms with Crippen LogP contribution in [-0.4, -0.2) is 26.7 Å². The molecule has 0 amide bonds. The molecule has 0 heterocycles. The summed E-state index contributed by atoms with van der Waals surface area (Å²) >= 11 is 0. The third-order valence-electron chi connectivity index (χ3n) is 3.22. The van der Waals surface area contributed by atoms with E-state index in [0.717, 1.165) is 0 Å². The molecule has 3 heteroatoms. The molecule has 0 bridgehead atoms. The van der Waals surface area contributed by atoms with E-state index in [4.69, 9.17) is 0 Å². The molecule has 0 aliphatic heterocycles. The van der Waals surface area contributed by atoms with E-state index in [0.29, 0.717) is 0 Å². The Morgan fingerprint density at radius 3 is 1.79 bits per heavy atom. The Labute approximate surface area is 119 Å². The Morgan fingerprint density at radius 1 is 0.789 bits per heavy atom. The summed E-state index contributed by atoms with van der Waals surface area (Å²) in [6, 6.07) is 22.1. The zero-order valence-electron chi connectivity index (χ0n) is 12.1. The maximum absolute atomic E-state index is 2.47. The van der Waals surface area contributed by atoms with Gasteiger partial charge in [0.15, 0.2) is 0 Å². The molecule has 0 radical (unpaired) electrons. The van der Waals surface area contributed by atoms with Gasteiger partial charge in [-0.3, -0.25) is 0 Å². The van der Waals surface area contributed by atoms with Gasteiger partial charge in [0.05, 0.1) is 27.8 Å². The minimum absolute atomic E-state index is 1.06. The molecule has 0 fully saturated rings. The average Bonchev–Trinajstić information content (AvgIpc) is 2.40. The molecule has 0 saturated carbocycles. The van der Waals surface area contributed by atoms with Crippen molar-refractivity contribution in [3.05, 3.63) is 60.7 Å². The van der Waals surface area contributed by atoms with E-state index in [2.05, 4.69) is 87.3 Å². The zero-order valence-corrected chi connectivity index (χ0v) is 14.8. The Kier molecular flexibility index (Phi) is 4.68. The van der Waals surface area contributed by atoms with Crippen molar-refractivity contribution in [2.75, 3.05) is 26.7 Å². The lowest BCUT2D eigenvalue weighted by atomic mass is 10.4. The minimum atomic E-state index is -1.06. The number of hydrogen-bond acceptors (Lipinski definition) is 0. The van der Waals surface area contributed by atoms with Crippen LogP contribution in [0.15, 0.2) is 60.7 Å². The van der Waals surface area contributed by atoms with Gasteiger partial charge in [-0.05, 0) is 37.3 Å². The molecule has 100 valence electrons. The fourth-order valence-corrected chi connectivity index (χ4v) is 22.1. The van der Waals surface area contributed by atoms with Crippen molar-refractivity contribution < 1.29 is 0 Å². The van der Waals surface area contributed by atoms with Crippen LogP contribution in [-0.2, 0) is 0 Å².